The van der Waals surface area contributed by atoms with Crippen LogP contribution in [-0.4, -0.2) is 30.5 Å². The van der Waals surface area contributed by atoms with Crippen LogP contribution in [0.1, 0.15) is 77.0 Å². The molecule has 0 radical (unpaired) electrons. The lowest BCUT2D eigenvalue weighted by Gasteiger charge is -2.39. The minimum absolute atomic E-state index is 0.284. The van der Waals surface area contributed by atoms with Crippen LogP contribution in [0.15, 0.2) is 59.8 Å². The third-order valence-corrected chi connectivity index (χ3v) is 11.0. The molecule has 5 aliphatic carbocycles. The number of allylic oxidation sites excluding steroid dienone is 4. The summed E-state index contributed by atoms with van der Waals surface area (Å²) in [5, 5.41) is 3.94. The van der Waals surface area contributed by atoms with Crippen LogP contribution in [0.25, 0.3) is 0 Å². The molecule has 36 heavy (non-hydrogen) atoms. The van der Waals surface area contributed by atoms with Crippen molar-refractivity contribution in [2.45, 2.75) is 108 Å². The van der Waals surface area contributed by atoms with Crippen molar-refractivity contribution in [1.82, 2.24) is 5.32 Å². The molecule has 0 aromatic rings. The molecule has 11 unspecified atom stereocenters. The number of halogens is 1. The lowest BCUT2D eigenvalue weighted by Crippen LogP contribution is -2.46. The zero-order chi connectivity index (χ0) is 24.1. The first-order valence-corrected chi connectivity index (χ1v) is 15.2. The Kier molecular flexibility index (Phi) is 6.59. The Morgan fingerprint density at radius 2 is 1.86 bits per heavy atom. The van der Waals surface area contributed by atoms with Crippen LogP contribution >= 0.6 is 0 Å². The normalized spacial score (nSPS) is 48.0. The van der Waals surface area contributed by atoms with Gasteiger partial charge in [0.05, 0.1) is 12.2 Å². The summed E-state index contributed by atoms with van der Waals surface area (Å²) in [5.41, 5.74) is 3.16. The fraction of sp³-hybridized carbons (Fsp3) is 0.697. The average Bonchev–Trinajstić information content (AvgIpc) is 3.31. The lowest BCUT2D eigenvalue weighted by molar-refractivity contribution is 0.00705. The number of fused-ring (bicyclic) bond motifs is 4. The Labute approximate surface area is 217 Å². The summed E-state index contributed by atoms with van der Waals surface area (Å²) in [7, 11) is 0. The molecule has 0 aromatic carbocycles. The van der Waals surface area contributed by atoms with E-state index in [0.29, 0.717) is 53.7 Å². The number of ether oxygens (including phenoxy) is 1. The predicted molar refractivity (Wildman–Crippen MR) is 144 cm³/mol. The van der Waals surface area contributed by atoms with Gasteiger partial charge in [0.25, 0.3) is 0 Å². The summed E-state index contributed by atoms with van der Waals surface area (Å²) in [6.45, 7) is 0. The molecular formula is C33H44FNO. The van der Waals surface area contributed by atoms with Crippen molar-refractivity contribution in [3.63, 3.8) is 0 Å². The summed E-state index contributed by atoms with van der Waals surface area (Å²) in [5.74, 6) is 3.70. The minimum atomic E-state index is -0.553. The van der Waals surface area contributed by atoms with Crippen LogP contribution in [0.2, 0.25) is 0 Å². The molecule has 3 heteroatoms. The molecule has 0 amide bonds. The monoisotopic (exact) mass is 489 g/mol. The van der Waals surface area contributed by atoms with Crippen molar-refractivity contribution in [3.05, 3.63) is 59.8 Å². The van der Waals surface area contributed by atoms with Gasteiger partial charge in [0.1, 0.15) is 6.17 Å². The van der Waals surface area contributed by atoms with Gasteiger partial charge >= 0.3 is 0 Å². The van der Waals surface area contributed by atoms with E-state index in [1.807, 2.05) is 0 Å². The number of alkyl halides is 1. The minimum Gasteiger partial charge on any atom is -0.370 e. The van der Waals surface area contributed by atoms with E-state index >= 15 is 0 Å². The summed E-state index contributed by atoms with van der Waals surface area (Å²) >= 11 is 0. The van der Waals surface area contributed by atoms with Gasteiger partial charge in [0, 0.05) is 23.9 Å². The van der Waals surface area contributed by atoms with Gasteiger partial charge in [-0.05, 0) is 99.9 Å². The van der Waals surface area contributed by atoms with Gasteiger partial charge in [-0.15, -0.1) is 0 Å². The quantitative estimate of drug-likeness (QED) is 0.417. The van der Waals surface area contributed by atoms with Crippen LogP contribution in [0.3, 0.4) is 0 Å². The maximum atomic E-state index is 14.1. The number of hydrogen-bond acceptors (Lipinski definition) is 2. The molecule has 1 N–H and O–H groups in total. The molecular weight excluding hydrogens is 445 g/mol. The molecule has 2 saturated carbocycles. The highest BCUT2D eigenvalue weighted by Crippen LogP contribution is 2.52. The van der Waals surface area contributed by atoms with E-state index in [9.17, 15) is 4.39 Å². The molecule has 11 atom stereocenters. The van der Waals surface area contributed by atoms with Gasteiger partial charge in [-0.2, -0.15) is 0 Å². The predicted octanol–water partition coefficient (Wildman–Crippen LogP) is 7.40. The van der Waals surface area contributed by atoms with Gasteiger partial charge in [-0.1, -0.05) is 60.6 Å². The van der Waals surface area contributed by atoms with Crippen LogP contribution in [0.5, 0.6) is 0 Å². The molecule has 3 fully saturated rings. The SMILES string of the molecule is FC1CCCC(C2CCC3OC4C(C5CC=C(C6C=CC7C=CCCC7N6)CC5)=CC=CC4C3C2)C1. The Hall–Kier alpha value is -1.45. The van der Waals surface area contributed by atoms with E-state index in [4.69, 9.17) is 4.74 Å². The van der Waals surface area contributed by atoms with Crippen molar-refractivity contribution in [3.8, 4) is 0 Å². The van der Waals surface area contributed by atoms with Crippen LogP contribution in [0.4, 0.5) is 4.39 Å². The lowest BCUT2D eigenvalue weighted by atomic mass is 9.65. The molecule has 1 saturated heterocycles. The molecule has 2 heterocycles. The van der Waals surface area contributed by atoms with Crippen LogP contribution in [0, 0.1) is 35.5 Å². The number of hydrogen-bond donors (Lipinski definition) is 1. The molecule has 7 rings (SSSR count). The Morgan fingerprint density at radius 3 is 2.75 bits per heavy atom. The van der Waals surface area contributed by atoms with E-state index in [1.54, 1.807) is 11.1 Å². The van der Waals surface area contributed by atoms with Crippen LogP contribution in [-0.2, 0) is 4.74 Å². The molecule has 7 aliphatic rings. The molecule has 2 nitrogen and oxygen atoms in total. The van der Waals surface area contributed by atoms with Gasteiger partial charge in [-0.25, -0.2) is 4.39 Å². The fourth-order valence-electron chi connectivity index (χ4n) is 9.06. The second-order valence-corrected chi connectivity index (χ2v) is 13.0. The molecule has 0 bridgehead atoms. The standard InChI is InChI=1S/C33H44FNO/c34-26-7-3-6-24(19-26)25-16-18-32-29(20-25)28-9-4-8-27(33(28)36-32)21-11-13-23(14-12-21)31-17-15-22-5-1-2-10-30(22)35-31/h1,4-5,8-9,13,15,17,21-22,24-26,28-33,35H,2-3,6-7,10-12,14,16,18-20H2. The smallest absolute Gasteiger partial charge is 0.100 e. The first kappa shape index (κ1) is 23.7. The fourth-order valence-corrected chi connectivity index (χ4v) is 9.06. The van der Waals surface area contributed by atoms with E-state index in [2.05, 4.69) is 53.9 Å². The first-order valence-electron chi connectivity index (χ1n) is 15.2. The molecule has 194 valence electrons. The molecule has 2 aliphatic heterocycles. The third-order valence-electron chi connectivity index (χ3n) is 11.0. The first-order chi connectivity index (χ1) is 17.7. The number of rotatable bonds is 3. The maximum absolute atomic E-state index is 14.1. The largest absolute Gasteiger partial charge is 0.370 e. The summed E-state index contributed by atoms with van der Waals surface area (Å²) in [4.78, 5) is 0. The van der Waals surface area contributed by atoms with Crippen molar-refractivity contribution < 1.29 is 9.13 Å². The van der Waals surface area contributed by atoms with Gasteiger partial charge in [0.2, 0.25) is 0 Å². The second-order valence-electron chi connectivity index (χ2n) is 13.0. The van der Waals surface area contributed by atoms with Gasteiger partial charge < -0.3 is 10.1 Å². The average molecular weight is 490 g/mol. The summed E-state index contributed by atoms with van der Waals surface area (Å²) in [6.07, 6.45) is 33.2. The Bertz CT molecular complexity index is 976. The van der Waals surface area contributed by atoms with Crippen LogP contribution < -0.4 is 5.32 Å². The van der Waals surface area contributed by atoms with E-state index < -0.39 is 6.17 Å². The topological polar surface area (TPSA) is 21.3 Å². The summed E-state index contributed by atoms with van der Waals surface area (Å²) in [6, 6.07) is 1.04. The van der Waals surface area contributed by atoms with Crippen molar-refractivity contribution >= 4 is 0 Å². The zero-order valence-electron chi connectivity index (χ0n) is 21.7. The maximum Gasteiger partial charge on any atom is 0.100 e. The highest BCUT2D eigenvalue weighted by molar-refractivity contribution is 5.33. The Balaban J connectivity index is 1.00. The summed E-state index contributed by atoms with van der Waals surface area (Å²) < 4.78 is 21.0. The molecule has 0 spiro atoms. The van der Waals surface area contributed by atoms with E-state index in [1.165, 1.54) is 51.4 Å². The number of nitrogens with one attached hydrogen (secondary N) is 1. The highest BCUT2D eigenvalue weighted by Gasteiger charge is 2.50. The van der Waals surface area contributed by atoms with Gasteiger partial charge in [-0.3, -0.25) is 0 Å². The Morgan fingerprint density at radius 1 is 0.917 bits per heavy atom. The molecule has 0 aromatic heterocycles. The van der Waals surface area contributed by atoms with E-state index in [-0.39, 0.29) is 6.10 Å². The van der Waals surface area contributed by atoms with Crippen molar-refractivity contribution in [2.75, 3.05) is 0 Å². The van der Waals surface area contributed by atoms with E-state index in [0.717, 1.165) is 25.7 Å². The van der Waals surface area contributed by atoms with Gasteiger partial charge in [0.15, 0.2) is 0 Å². The highest BCUT2D eigenvalue weighted by atomic mass is 19.1. The second kappa shape index (κ2) is 10.0. The van der Waals surface area contributed by atoms with Crippen molar-refractivity contribution in [1.29, 1.82) is 0 Å². The van der Waals surface area contributed by atoms with Crippen molar-refractivity contribution in [2.24, 2.45) is 35.5 Å². The third kappa shape index (κ3) is 4.43. The zero-order valence-corrected chi connectivity index (χ0v) is 21.7.